The summed E-state index contributed by atoms with van der Waals surface area (Å²) in [5.41, 5.74) is 8.45. The molecule has 21 heavy (non-hydrogen) atoms. The molecule has 1 rings (SSSR count). The Morgan fingerprint density at radius 1 is 1.19 bits per heavy atom. The zero-order valence-electron chi connectivity index (χ0n) is 14.4. The molecular weight excluding hydrogens is 260 g/mol. The second-order valence-corrected chi connectivity index (χ2v) is 6.76. The molecule has 0 heterocycles. The summed E-state index contributed by atoms with van der Waals surface area (Å²) in [6.07, 6.45) is 1.16. The van der Waals surface area contributed by atoms with E-state index in [1.807, 2.05) is 0 Å². The Morgan fingerprint density at radius 2 is 1.90 bits per heavy atom. The molecule has 0 bridgehead atoms. The van der Waals surface area contributed by atoms with Crippen molar-refractivity contribution in [3.63, 3.8) is 0 Å². The average Bonchev–Trinajstić information content (AvgIpc) is 2.42. The predicted molar refractivity (Wildman–Crippen MR) is 91.0 cm³/mol. The van der Waals surface area contributed by atoms with Crippen molar-refractivity contribution in [2.45, 2.75) is 41.0 Å². The highest BCUT2D eigenvalue weighted by molar-refractivity contribution is 5.35. The van der Waals surface area contributed by atoms with E-state index in [9.17, 15) is 0 Å². The summed E-state index contributed by atoms with van der Waals surface area (Å²) in [5, 5.41) is 0. The number of hydrogen-bond donors (Lipinski definition) is 1. The third kappa shape index (κ3) is 6.49. The van der Waals surface area contributed by atoms with Crippen molar-refractivity contribution in [2.75, 3.05) is 32.8 Å². The van der Waals surface area contributed by atoms with Crippen LogP contribution in [0.5, 0.6) is 5.75 Å². The van der Waals surface area contributed by atoms with Crippen LogP contribution in [-0.2, 0) is 0 Å². The molecule has 0 atom stereocenters. The zero-order chi connectivity index (χ0) is 15.9. The lowest BCUT2D eigenvalue weighted by atomic mass is 9.93. The fourth-order valence-electron chi connectivity index (χ4n) is 2.40. The van der Waals surface area contributed by atoms with Gasteiger partial charge in [0.1, 0.15) is 12.4 Å². The van der Waals surface area contributed by atoms with Crippen molar-refractivity contribution in [1.29, 1.82) is 0 Å². The van der Waals surface area contributed by atoms with Crippen molar-refractivity contribution in [2.24, 2.45) is 11.1 Å². The van der Waals surface area contributed by atoms with Crippen molar-refractivity contribution < 1.29 is 4.74 Å². The lowest BCUT2D eigenvalue weighted by Crippen LogP contribution is -2.40. The van der Waals surface area contributed by atoms with Crippen molar-refractivity contribution in [3.8, 4) is 5.75 Å². The first kappa shape index (κ1) is 18.0. The fourth-order valence-corrected chi connectivity index (χ4v) is 2.40. The second kappa shape index (κ2) is 8.40. The standard InChI is InChI=1S/C18H32N2O/c1-6-9-20(14-18(4,5)13-19)10-11-21-17-12-15(2)7-8-16(17)3/h7-8,12H,6,9-11,13-14,19H2,1-5H3. The Labute approximate surface area is 130 Å². The summed E-state index contributed by atoms with van der Waals surface area (Å²) < 4.78 is 5.97. The van der Waals surface area contributed by atoms with E-state index < -0.39 is 0 Å². The van der Waals surface area contributed by atoms with Gasteiger partial charge in [-0.2, -0.15) is 0 Å². The Hall–Kier alpha value is -1.06. The third-order valence-corrected chi connectivity index (χ3v) is 3.75. The molecule has 0 spiro atoms. The van der Waals surface area contributed by atoms with Crippen LogP contribution < -0.4 is 10.5 Å². The molecule has 1 aromatic rings. The average molecular weight is 292 g/mol. The van der Waals surface area contributed by atoms with Gasteiger partial charge < -0.3 is 10.5 Å². The van der Waals surface area contributed by atoms with E-state index in [1.165, 1.54) is 11.1 Å². The summed E-state index contributed by atoms with van der Waals surface area (Å²) in [5.74, 6) is 1.00. The van der Waals surface area contributed by atoms with Crippen LogP contribution in [0, 0.1) is 19.3 Å². The number of benzene rings is 1. The molecule has 0 saturated heterocycles. The number of nitrogens with two attached hydrogens (primary N) is 1. The summed E-state index contributed by atoms with van der Waals surface area (Å²) >= 11 is 0. The van der Waals surface area contributed by atoms with Gasteiger partial charge in [-0.25, -0.2) is 0 Å². The molecule has 1 aromatic carbocycles. The first-order valence-electron chi connectivity index (χ1n) is 8.00. The van der Waals surface area contributed by atoms with E-state index in [2.05, 4.69) is 57.7 Å². The smallest absolute Gasteiger partial charge is 0.122 e. The van der Waals surface area contributed by atoms with E-state index in [0.717, 1.165) is 38.4 Å². The van der Waals surface area contributed by atoms with Gasteiger partial charge in [-0.3, -0.25) is 4.90 Å². The molecule has 3 nitrogen and oxygen atoms in total. The lowest BCUT2D eigenvalue weighted by molar-refractivity contribution is 0.154. The van der Waals surface area contributed by atoms with Crippen LogP contribution in [0.2, 0.25) is 0 Å². The van der Waals surface area contributed by atoms with Gasteiger partial charge in [-0.1, -0.05) is 32.9 Å². The largest absolute Gasteiger partial charge is 0.492 e. The highest BCUT2D eigenvalue weighted by Gasteiger charge is 2.19. The van der Waals surface area contributed by atoms with E-state index in [1.54, 1.807) is 0 Å². The first-order chi connectivity index (χ1) is 9.88. The van der Waals surface area contributed by atoms with Crippen molar-refractivity contribution in [1.82, 2.24) is 4.90 Å². The molecule has 0 amide bonds. The summed E-state index contributed by atoms with van der Waals surface area (Å²) in [6.45, 7) is 15.4. The van der Waals surface area contributed by atoms with Gasteiger partial charge >= 0.3 is 0 Å². The molecule has 0 aliphatic rings. The van der Waals surface area contributed by atoms with Gasteiger partial charge in [-0.15, -0.1) is 0 Å². The molecule has 2 N–H and O–H groups in total. The van der Waals surface area contributed by atoms with Gasteiger partial charge in [-0.05, 0) is 56.0 Å². The maximum Gasteiger partial charge on any atom is 0.122 e. The number of ether oxygens (including phenoxy) is 1. The normalized spacial score (nSPS) is 12.0. The minimum absolute atomic E-state index is 0.161. The minimum Gasteiger partial charge on any atom is -0.492 e. The lowest BCUT2D eigenvalue weighted by Gasteiger charge is -2.31. The van der Waals surface area contributed by atoms with Crippen LogP contribution in [0.4, 0.5) is 0 Å². The molecule has 0 aliphatic heterocycles. The quantitative estimate of drug-likeness (QED) is 0.758. The summed E-state index contributed by atoms with van der Waals surface area (Å²) in [7, 11) is 0. The van der Waals surface area contributed by atoms with Gasteiger partial charge in [0, 0.05) is 13.1 Å². The van der Waals surface area contributed by atoms with Gasteiger partial charge in [0.25, 0.3) is 0 Å². The molecule has 0 aliphatic carbocycles. The van der Waals surface area contributed by atoms with Gasteiger partial charge in [0.05, 0.1) is 0 Å². The molecular formula is C18H32N2O. The van der Waals surface area contributed by atoms with Crippen LogP contribution in [0.1, 0.15) is 38.3 Å². The van der Waals surface area contributed by atoms with Gasteiger partial charge in [0.2, 0.25) is 0 Å². The Balaban J connectivity index is 2.51. The van der Waals surface area contributed by atoms with Crippen molar-refractivity contribution in [3.05, 3.63) is 29.3 Å². The van der Waals surface area contributed by atoms with Gasteiger partial charge in [0.15, 0.2) is 0 Å². The Morgan fingerprint density at radius 3 is 2.52 bits per heavy atom. The molecule has 120 valence electrons. The maximum atomic E-state index is 5.97. The molecule has 0 radical (unpaired) electrons. The van der Waals surface area contributed by atoms with E-state index in [-0.39, 0.29) is 5.41 Å². The molecule has 0 saturated carbocycles. The fraction of sp³-hybridized carbons (Fsp3) is 0.667. The van der Waals surface area contributed by atoms with E-state index >= 15 is 0 Å². The maximum absolute atomic E-state index is 5.97. The van der Waals surface area contributed by atoms with Crippen molar-refractivity contribution >= 4 is 0 Å². The van der Waals surface area contributed by atoms with Crippen LogP contribution in [0.15, 0.2) is 18.2 Å². The summed E-state index contributed by atoms with van der Waals surface area (Å²) in [6, 6.07) is 6.35. The predicted octanol–water partition coefficient (Wildman–Crippen LogP) is 3.38. The Bertz CT molecular complexity index is 429. The van der Waals surface area contributed by atoms with Crippen LogP contribution in [0.25, 0.3) is 0 Å². The molecule has 3 heteroatoms. The number of rotatable bonds is 9. The highest BCUT2D eigenvalue weighted by Crippen LogP contribution is 2.19. The highest BCUT2D eigenvalue weighted by atomic mass is 16.5. The number of hydrogen-bond acceptors (Lipinski definition) is 3. The second-order valence-electron chi connectivity index (χ2n) is 6.76. The molecule has 0 unspecified atom stereocenters. The third-order valence-electron chi connectivity index (χ3n) is 3.75. The van der Waals surface area contributed by atoms with Crippen LogP contribution in [0.3, 0.4) is 0 Å². The SMILES string of the molecule is CCCN(CCOc1cc(C)ccc1C)CC(C)(C)CN. The monoisotopic (exact) mass is 292 g/mol. The van der Waals surface area contributed by atoms with Crippen LogP contribution in [-0.4, -0.2) is 37.7 Å². The number of nitrogens with zero attached hydrogens (tertiary/aromatic N) is 1. The topological polar surface area (TPSA) is 38.5 Å². The van der Waals surface area contributed by atoms with Crippen LogP contribution >= 0.6 is 0 Å². The zero-order valence-corrected chi connectivity index (χ0v) is 14.4. The van der Waals surface area contributed by atoms with E-state index in [4.69, 9.17) is 10.5 Å². The van der Waals surface area contributed by atoms with E-state index in [0.29, 0.717) is 6.54 Å². The molecule has 0 aromatic heterocycles. The minimum atomic E-state index is 0.161. The first-order valence-corrected chi connectivity index (χ1v) is 8.00. The Kier molecular flexibility index (Phi) is 7.20. The molecule has 0 fully saturated rings. The number of aryl methyl sites for hydroxylation is 2. The summed E-state index contributed by atoms with van der Waals surface area (Å²) in [4.78, 5) is 2.46.